The quantitative estimate of drug-likeness (QED) is 0.911. The Labute approximate surface area is 104 Å². The van der Waals surface area contributed by atoms with E-state index < -0.39 is 0 Å². The molecule has 2 aromatic rings. The minimum absolute atomic E-state index is 0.166. The lowest BCUT2D eigenvalue weighted by molar-refractivity contribution is 0.490. The molecule has 1 unspecified atom stereocenters. The molecule has 4 heteroatoms. The van der Waals surface area contributed by atoms with Crippen LogP contribution >= 0.6 is 22.9 Å². The molecule has 1 heterocycles. The summed E-state index contributed by atoms with van der Waals surface area (Å²) in [6.45, 7) is 4.26. The van der Waals surface area contributed by atoms with Crippen LogP contribution in [0, 0.1) is 5.92 Å². The third-order valence-corrected chi connectivity index (χ3v) is 4.23. The number of aromatic nitrogens is 1. The first-order valence-corrected chi connectivity index (χ1v) is 6.57. The molecule has 0 aliphatic rings. The van der Waals surface area contributed by atoms with E-state index in [1.807, 2.05) is 18.2 Å². The number of nitrogens with zero attached hydrogens (tertiary/aromatic N) is 1. The Bertz CT molecular complexity index is 493. The molecule has 0 aliphatic carbocycles. The van der Waals surface area contributed by atoms with E-state index in [0.717, 1.165) is 26.7 Å². The maximum absolute atomic E-state index is 6.11. The molecule has 86 valence electrons. The van der Waals surface area contributed by atoms with Gasteiger partial charge in [-0.15, -0.1) is 11.3 Å². The number of benzene rings is 1. The number of hydrogen-bond acceptors (Lipinski definition) is 3. The molecule has 16 heavy (non-hydrogen) atoms. The zero-order valence-electron chi connectivity index (χ0n) is 9.40. The highest BCUT2D eigenvalue weighted by molar-refractivity contribution is 7.19. The van der Waals surface area contributed by atoms with Crippen molar-refractivity contribution in [2.45, 2.75) is 26.3 Å². The van der Waals surface area contributed by atoms with Crippen molar-refractivity contribution in [1.29, 1.82) is 0 Å². The van der Waals surface area contributed by atoms with E-state index in [1.54, 1.807) is 11.3 Å². The summed E-state index contributed by atoms with van der Waals surface area (Å²) >= 11 is 7.76. The van der Waals surface area contributed by atoms with Gasteiger partial charge in [0, 0.05) is 12.5 Å². The molecule has 0 radical (unpaired) electrons. The Kier molecular flexibility index (Phi) is 3.47. The smallest absolute Gasteiger partial charge is 0.0954 e. The molecule has 1 aromatic heterocycles. The second-order valence-corrected chi connectivity index (χ2v) is 5.80. The first kappa shape index (κ1) is 11.8. The normalized spacial score (nSPS) is 13.6. The lowest BCUT2D eigenvalue weighted by atomic mass is 10.0. The molecule has 0 aliphatic heterocycles. The summed E-state index contributed by atoms with van der Waals surface area (Å²) in [7, 11) is 0. The third-order valence-electron chi connectivity index (χ3n) is 2.68. The molecule has 0 spiro atoms. The van der Waals surface area contributed by atoms with Crippen molar-refractivity contribution >= 4 is 33.2 Å². The molecule has 0 amide bonds. The maximum Gasteiger partial charge on any atom is 0.0954 e. The van der Waals surface area contributed by atoms with Gasteiger partial charge in [0.15, 0.2) is 0 Å². The number of thiazole rings is 1. The molecule has 1 aromatic carbocycles. The average molecular weight is 255 g/mol. The van der Waals surface area contributed by atoms with Crippen molar-refractivity contribution in [1.82, 2.24) is 4.98 Å². The largest absolute Gasteiger partial charge is 0.327 e. The zero-order chi connectivity index (χ0) is 11.7. The Morgan fingerprint density at radius 3 is 2.81 bits per heavy atom. The van der Waals surface area contributed by atoms with Gasteiger partial charge in [0.25, 0.3) is 0 Å². The van der Waals surface area contributed by atoms with Gasteiger partial charge in [-0.1, -0.05) is 31.5 Å². The first-order chi connectivity index (χ1) is 7.58. The lowest BCUT2D eigenvalue weighted by Gasteiger charge is -2.12. The summed E-state index contributed by atoms with van der Waals surface area (Å²) in [6.07, 6.45) is 0.827. The molecule has 0 fully saturated rings. The lowest BCUT2D eigenvalue weighted by Crippen LogP contribution is -2.28. The van der Waals surface area contributed by atoms with E-state index in [-0.39, 0.29) is 6.04 Å². The summed E-state index contributed by atoms with van der Waals surface area (Å²) in [6, 6.07) is 5.98. The Balaban J connectivity index is 2.30. The van der Waals surface area contributed by atoms with E-state index in [9.17, 15) is 0 Å². The van der Waals surface area contributed by atoms with Gasteiger partial charge in [-0.2, -0.15) is 0 Å². The van der Waals surface area contributed by atoms with Gasteiger partial charge in [0.2, 0.25) is 0 Å². The van der Waals surface area contributed by atoms with Crippen LogP contribution in [0.4, 0.5) is 0 Å². The maximum atomic E-state index is 6.11. The second kappa shape index (κ2) is 4.70. The average Bonchev–Trinajstić information content (AvgIpc) is 2.61. The standard InChI is InChI=1S/C12H15ClN2S/c1-7(2)9(14)6-11-15-10-5-3-4-8(13)12(10)16-11/h3-5,7,9H,6,14H2,1-2H3. The molecule has 2 N–H and O–H groups in total. The van der Waals surface area contributed by atoms with Crippen LogP contribution in [-0.4, -0.2) is 11.0 Å². The van der Waals surface area contributed by atoms with Crippen molar-refractivity contribution in [3.63, 3.8) is 0 Å². The number of fused-ring (bicyclic) bond motifs is 1. The van der Waals surface area contributed by atoms with Gasteiger partial charge in [-0.05, 0) is 18.1 Å². The van der Waals surface area contributed by atoms with Gasteiger partial charge in [-0.25, -0.2) is 4.98 Å². The van der Waals surface area contributed by atoms with Gasteiger partial charge in [0.1, 0.15) is 0 Å². The summed E-state index contributed by atoms with van der Waals surface area (Å²) in [5.74, 6) is 0.475. The Morgan fingerprint density at radius 2 is 2.19 bits per heavy atom. The zero-order valence-corrected chi connectivity index (χ0v) is 11.0. The molecule has 0 bridgehead atoms. The topological polar surface area (TPSA) is 38.9 Å². The predicted molar refractivity (Wildman–Crippen MR) is 71.1 cm³/mol. The second-order valence-electron chi connectivity index (χ2n) is 4.31. The van der Waals surface area contributed by atoms with E-state index in [2.05, 4.69) is 18.8 Å². The fraction of sp³-hybridized carbons (Fsp3) is 0.417. The Hall–Kier alpha value is -0.640. The molecule has 0 saturated heterocycles. The van der Waals surface area contributed by atoms with Crippen LogP contribution in [0.25, 0.3) is 10.2 Å². The van der Waals surface area contributed by atoms with Gasteiger partial charge in [-0.3, -0.25) is 0 Å². The first-order valence-electron chi connectivity index (χ1n) is 5.37. The molecule has 2 rings (SSSR count). The van der Waals surface area contributed by atoms with Crippen molar-refractivity contribution in [3.05, 3.63) is 28.2 Å². The summed E-state index contributed by atoms with van der Waals surface area (Å²) in [4.78, 5) is 4.55. The fourth-order valence-corrected chi connectivity index (χ4v) is 2.81. The summed E-state index contributed by atoms with van der Waals surface area (Å²) in [5.41, 5.74) is 7.02. The highest BCUT2D eigenvalue weighted by Gasteiger charge is 2.12. The van der Waals surface area contributed by atoms with Crippen LogP contribution in [0.3, 0.4) is 0 Å². The third kappa shape index (κ3) is 2.37. The van der Waals surface area contributed by atoms with Crippen LogP contribution in [0.5, 0.6) is 0 Å². The number of rotatable bonds is 3. The molecule has 0 saturated carbocycles. The van der Waals surface area contributed by atoms with Crippen LogP contribution in [0.1, 0.15) is 18.9 Å². The monoisotopic (exact) mass is 254 g/mol. The highest BCUT2D eigenvalue weighted by atomic mass is 35.5. The number of hydrogen-bond donors (Lipinski definition) is 1. The van der Waals surface area contributed by atoms with Crippen LogP contribution < -0.4 is 5.73 Å². The molecular weight excluding hydrogens is 240 g/mol. The summed E-state index contributed by atoms with van der Waals surface area (Å²) < 4.78 is 1.06. The van der Waals surface area contributed by atoms with Crippen molar-refractivity contribution < 1.29 is 0 Å². The van der Waals surface area contributed by atoms with Crippen molar-refractivity contribution in [3.8, 4) is 0 Å². The fourth-order valence-electron chi connectivity index (χ4n) is 1.49. The molecular formula is C12H15ClN2S. The highest BCUT2D eigenvalue weighted by Crippen LogP contribution is 2.29. The number of halogens is 1. The minimum atomic E-state index is 0.166. The van der Waals surface area contributed by atoms with Crippen LogP contribution in [0.2, 0.25) is 5.02 Å². The van der Waals surface area contributed by atoms with E-state index in [1.165, 1.54) is 0 Å². The number of nitrogens with two attached hydrogens (primary N) is 1. The van der Waals surface area contributed by atoms with E-state index in [4.69, 9.17) is 17.3 Å². The molecule has 2 nitrogen and oxygen atoms in total. The van der Waals surface area contributed by atoms with Crippen molar-refractivity contribution in [2.24, 2.45) is 11.7 Å². The van der Waals surface area contributed by atoms with Crippen molar-refractivity contribution in [2.75, 3.05) is 0 Å². The van der Waals surface area contributed by atoms with Gasteiger partial charge < -0.3 is 5.73 Å². The van der Waals surface area contributed by atoms with Gasteiger partial charge in [0.05, 0.1) is 20.2 Å². The van der Waals surface area contributed by atoms with E-state index in [0.29, 0.717) is 5.92 Å². The summed E-state index contributed by atoms with van der Waals surface area (Å²) in [5, 5.41) is 1.85. The SMILES string of the molecule is CC(C)C(N)Cc1nc2cccc(Cl)c2s1. The van der Waals surface area contributed by atoms with Crippen LogP contribution in [0.15, 0.2) is 18.2 Å². The Morgan fingerprint density at radius 1 is 1.44 bits per heavy atom. The van der Waals surface area contributed by atoms with Crippen LogP contribution in [-0.2, 0) is 6.42 Å². The van der Waals surface area contributed by atoms with E-state index >= 15 is 0 Å². The minimum Gasteiger partial charge on any atom is -0.327 e. The van der Waals surface area contributed by atoms with Gasteiger partial charge >= 0.3 is 0 Å². The predicted octanol–water partition coefficient (Wildman–Crippen LogP) is 3.48. The molecule has 1 atom stereocenters.